The number of fused-ring (bicyclic) bond motifs is 1. The Labute approximate surface area is 146 Å². The first-order chi connectivity index (χ1) is 12.1. The number of aliphatic hydroxyl groups is 1. The molecule has 0 spiro atoms. The van der Waals surface area contributed by atoms with E-state index >= 15 is 0 Å². The number of hydrazone groups is 1. The fraction of sp³-hybridized carbons (Fsp3) is 0.368. The molecule has 1 aromatic heterocycles. The SMILES string of the molecule is CC(C)OC1=NNC(=O)C1=Cc1cn(CCCCO)c2ccccc12. The Kier molecular flexibility index (Phi) is 5.19. The highest BCUT2D eigenvalue weighted by atomic mass is 16.5. The summed E-state index contributed by atoms with van der Waals surface area (Å²) in [6, 6.07) is 8.08. The predicted molar refractivity (Wildman–Crippen MR) is 98.0 cm³/mol. The van der Waals surface area contributed by atoms with E-state index < -0.39 is 0 Å². The van der Waals surface area contributed by atoms with Crippen LogP contribution in [0.1, 0.15) is 32.3 Å². The van der Waals surface area contributed by atoms with Gasteiger partial charge in [0.2, 0.25) is 5.90 Å². The standard InChI is InChI=1S/C19H23N3O3/c1-13(2)25-19-16(18(24)20-21-19)11-14-12-22(9-5-6-10-23)17-8-4-3-7-15(14)17/h3-4,7-8,11-13,23H,5-6,9-10H2,1-2H3,(H,20,24). The minimum Gasteiger partial charge on any atom is -0.473 e. The molecule has 2 heterocycles. The van der Waals surface area contributed by atoms with Crippen molar-refractivity contribution in [3.63, 3.8) is 0 Å². The number of carbonyl (C=O) groups excluding carboxylic acids is 1. The summed E-state index contributed by atoms with van der Waals surface area (Å²) in [6.07, 6.45) is 5.47. The summed E-state index contributed by atoms with van der Waals surface area (Å²) in [5.41, 5.74) is 4.96. The van der Waals surface area contributed by atoms with Crippen molar-refractivity contribution in [2.75, 3.05) is 6.61 Å². The average Bonchev–Trinajstić information content (AvgIpc) is 3.11. The largest absolute Gasteiger partial charge is 0.473 e. The van der Waals surface area contributed by atoms with Crippen molar-refractivity contribution in [3.05, 3.63) is 41.6 Å². The highest BCUT2D eigenvalue weighted by Crippen LogP contribution is 2.25. The van der Waals surface area contributed by atoms with E-state index in [1.165, 1.54) is 0 Å². The van der Waals surface area contributed by atoms with E-state index in [0.717, 1.165) is 35.9 Å². The molecule has 132 valence electrons. The number of aliphatic hydroxyl groups excluding tert-OH is 1. The molecule has 0 saturated carbocycles. The molecule has 1 aliphatic heterocycles. The quantitative estimate of drug-likeness (QED) is 0.626. The number of aryl methyl sites for hydroxylation is 1. The Morgan fingerprint density at radius 3 is 2.88 bits per heavy atom. The van der Waals surface area contributed by atoms with Crippen LogP contribution in [0.3, 0.4) is 0 Å². The Morgan fingerprint density at radius 2 is 2.12 bits per heavy atom. The second-order valence-corrected chi connectivity index (χ2v) is 6.31. The van der Waals surface area contributed by atoms with E-state index in [-0.39, 0.29) is 18.6 Å². The fourth-order valence-corrected chi connectivity index (χ4v) is 2.88. The number of carbonyl (C=O) groups is 1. The van der Waals surface area contributed by atoms with Gasteiger partial charge in [-0.3, -0.25) is 4.79 Å². The van der Waals surface area contributed by atoms with E-state index in [4.69, 9.17) is 9.84 Å². The Bertz CT molecular complexity index is 834. The molecular formula is C19H23N3O3. The third kappa shape index (κ3) is 3.74. The molecule has 25 heavy (non-hydrogen) atoms. The summed E-state index contributed by atoms with van der Waals surface area (Å²) in [6.45, 7) is 4.81. The zero-order valence-electron chi connectivity index (χ0n) is 14.5. The van der Waals surface area contributed by atoms with Gasteiger partial charge in [-0.15, -0.1) is 5.10 Å². The lowest BCUT2D eigenvalue weighted by molar-refractivity contribution is -0.116. The summed E-state index contributed by atoms with van der Waals surface area (Å²) in [4.78, 5) is 12.1. The number of para-hydroxylation sites is 1. The van der Waals surface area contributed by atoms with Crippen molar-refractivity contribution in [1.29, 1.82) is 0 Å². The zero-order valence-corrected chi connectivity index (χ0v) is 14.5. The third-order valence-electron chi connectivity index (χ3n) is 4.01. The minimum absolute atomic E-state index is 0.0605. The molecule has 1 aliphatic rings. The molecule has 0 bridgehead atoms. The number of hydrogen-bond acceptors (Lipinski definition) is 4. The smallest absolute Gasteiger partial charge is 0.277 e. The normalized spacial score (nSPS) is 15.9. The Balaban J connectivity index is 1.98. The third-order valence-corrected chi connectivity index (χ3v) is 4.01. The van der Waals surface area contributed by atoms with Crippen LogP contribution in [0.2, 0.25) is 0 Å². The molecule has 0 atom stereocenters. The molecule has 0 aliphatic carbocycles. The fourth-order valence-electron chi connectivity index (χ4n) is 2.88. The molecule has 1 aromatic carbocycles. The van der Waals surface area contributed by atoms with E-state index in [1.807, 2.05) is 44.3 Å². The predicted octanol–water partition coefficient (Wildman–Crippen LogP) is 2.67. The van der Waals surface area contributed by atoms with Gasteiger partial charge in [0.05, 0.1) is 6.10 Å². The second kappa shape index (κ2) is 7.53. The zero-order chi connectivity index (χ0) is 17.8. The van der Waals surface area contributed by atoms with Crippen molar-refractivity contribution in [1.82, 2.24) is 9.99 Å². The lowest BCUT2D eigenvalue weighted by atomic mass is 10.1. The average molecular weight is 341 g/mol. The molecule has 1 amide bonds. The van der Waals surface area contributed by atoms with Crippen molar-refractivity contribution >= 4 is 28.8 Å². The van der Waals surface area contributed by atoms with Crippen LogP contribution in [0.25, 0.3) is 17.0 Å². The van der Waals surface area contributed by atoms with Crippen molar-refractivity contribution in [2.45, 2.75) is 39.3 Å². The van der Waals surface area contributed by atoms with Gasteiger partial charge in [0.15, 0.2) is 0 Å². The summed E-state index contributed by atoms with van der Waals surface area (Å²) >= 11 is 0. The Morgan fingerprint density at radius 1 is 1.32 bits per heavy atom. The lowest BCUT2D eigenvalue weighted by Crippen LogP contribution is -2.16. The topological polar surface area (TPSA) is 75.8 Å². The number of aromatic nitrogens is 1. The molecule has 0 radical (unpaired) electrons. The first-order valence-electron chi connectivity index (χ1n) is 8.55. The molecule has 6 heteroatoms. The molecule has 3 rings (SSSR count). The van der Waals surface area contributed by atoms with Gasteiger partial charge >= 0.3 is 0 Å². The van der Waals surface area contributed by atoms with Crippen LogP contribution in [0, 0.1) is 0 Å². The van der Waals surface area contributed by atoms with Gasteiger partial charge in [-0.05, 0) is 38.8 Å². The van der Waals surface area contributed by atoms with Crippen LogP contribution >= 0.6 is 0 Å². The maximum absolute atomic E-state index is 12.1. The van der Waals surface area contributed by atoms with Gasteiger partial charge < -0.3 is 14.4 Å². The second-order valence-electron chi connectivity index (χ2n) is 6.31. The Hall–Kier alpha value is -2.60. The van der Waals surface area contributed by atoms with Crippen LogP contribution in [0.5, 0.6) is 0 Å². The van der Waals surface area contributed by atoms with Crippen LogP contribution in [-0.2, 0) is 16.1 Å². The maximum Gasteiger partial charge on any atom is 0.277 e. The van der Waals surface area contributed by atoms with E-state index in [9.17, 15) is 4.79 Å². The van der Waals surface area contributed by atoms with Crippen molar-refractivity contribution in [2.24, 2.45) is 5.10 Å². The number of nitrogens with one attached hydrogen (secondary N) is 1. The van der Waals surface area contributed by atoms with E-state index in [0.29, 0.717) is 11.5 Å². The molecule has 0 fully saturated rings. The number of nitrogens with zero attached hydrogens (tertiary/aromatic N) is 2. The highest BCUT2D eigenvalue weighted by molar-refractivity contribution is 6.25. The van der Waals surface area contributed by atoms with Gasteiger partial charge in [-0.2, -0.15) is 0 Å². The van der Waals surface area contributed by atoms with E-state index in [1.54, 1.807) is 0 Å². The summed E-state index contributed by atoms with van der Waals surface area (Å²) in [5, 5.41) is 14.0. The summed E-state index contributed by atoms with van der Waals surface area (Å²) in [7, 11) is 0. The number of hydrogen-bond donors (Lipinski definition) is 2. The van der Waals surface area contributed by atoms with Crippen molar-refractivity contribution < 1.29 is 14.6 Å². The number of amides is 1. The first-order valence-corrected chi connectivity index (χ1v) is 8.55. The van der Waals surface area contributed by atoms with Gasteiger partial charge in [0, 0.05) is 35.8 Å². The molecular weight excluding hydrogens is 318 g/mol. The van der Waals surface area contributed by atoms with Crippen molar-refractivity contribution in [3.8, 4) is 0 Å². The molecule has 2 aromatic rings. The number of rotatable bonds is 6. The van der Waals surface area contributed by atoms with Gasteiger partial charge in [0.25, 0.3) is 5.91 Å². The number of unbranched alkanes of at least 4 members (excludes halogenated alkanes) is 1. The number of benzene rings is 1. The number of ether oxygens (including phenoxy) is 1. The highest BCUT2D eigenvalue weighted by Gasteiger charge is 2.25. The molecule has 6 nitrogen and oxygen atoms in total. The van der Waals surface area contributed by atoms with Crippen LogP contribution < -0.4 is 5.43 Å². The van der Waals surface area contributed by atoms with Gasteiger partial charge in [-0.25, -0.2) is 5.43 Å². The van der Waals surface area contributed by atoms with Crippen LogP contribution in [0.4, 0.5) is 0 Å². The minimum atomic E-state index is -0.257. The van der Waals surface area contributed by atoms with Crippen LogP contribution in [-0.4, -0.2) is 34.2 Å². The summed E-state index contributed by atoms with van der Waals surface area (Å²) < 4.78 is 7.79. The lowest BCUT2D eigenvalue weighted by Gasteiger charge is -2.08. The molecule has 0 saturated heterocycles. The van der Waals surface area contributed by atoms with Gasteiger partial charge in [0.1, 0.15) is 5.57 Å². The summed E-state index contributed by atoms with van der Waals surface area (Å²) in [5.74, 6) is 0.0740. The monoisotopic (exact) mass is 341 g/mol. The first kappa shape index (κ1) is 17.2. The maximum atomic E-state index is 12.1. The van der Waals surface area contributed by atoms with E-state index in [2.05, 4.69) is 21.2 Å². The molecule has 0 unspecified atom stereocenters. The van der Waals surface area contributed by atoms with Crippen LogP contribution in [0.15, 0.2) is 41.1 Å². The van der Waals surface area contributed by atoms with Gasteiger partial charge in [-0.1, -0.05) is 18.2 Å². The molecule has 2 N–H and O–H groups in total.